The third-order valence-electron chi connectivity index (χ3n) is 2.06. The zero-order chi connectivity index (χ0) is 7.84. The molecular weight excluding hydrogens is 143 g/mol. The molecule has 0 aromatic rings. The maximum atomic E-state index is 12.8. The molecular formula is C9H11FO. The van der Waals surface area contributed by atoms with Crippen LogP contribution in [0.2, 0.25) is 0 Å². The first-order valence-electron chi connectivity index (χ1n) is 3.97. The van der Waals surface area contributed by atoms with E-state index in [-0.39, 0.29) is 6.10 Å². The second-order valence-corrected chi connectivity index (χ2v) is 3.14. The molecule has 60 valence electrons. The van der Waals surface area contributed by atoms with Gasteiger partial charge < -0.3 is 4.74 Å². The van der Waals surface area contributed by atoms with Crippen LogP contribution in [0.1, 0.15) is 19.8 Å². The monoisotopic (exact) mass is 154 g/mol. The molecule has 11 heavy (non-hydrogen) atoms. The summed E-state index contributed by atoms with van der Waals surface area (Å²) in [5, 5.41) is 0. The van der Waals surface area contributed by atoms with Gasteiger partial charge in [-0.15, -0.1) is 0 Å². The lowest BCUT2D eigenvalue weighted by Gasteiger charge is -2.09. The molecule has 0 saturated carbocycles. The van der Waals surface area contributed by atoms with Crippen LogP contribution >= 0.6 is 0 Å². The number of halogens is 1. The predicted molar refractivity (Wildman–Crippen MR) is 40.8 cm³/mol. The van der Waals surface area contributed by atoms with Crippen molar-refractivity contribution in [3.05, 3.63) is 23.5 Å². The van der Waals surface area contributed by atoms with E-state index in [0.717, 1.165) is 17.8 Å². The number of alkyl halides is 1. The molecule has 2 heteroatoms. The lowest BCUT2D eigenvalue weighted by atomic mass is 10.0. The molecule has 1 aliphatic carbocycles. The Labute approximate surface area is 65.5 Å². The SMILES string of the molecule is CC1CC2=CC(F)CC=C2O1. The Bertz CT molecular complexity index is 230. The van der Waals surface area contributed by atoms with Crippen molar-refractivity contribution in [3.8, 4) is 0 Å². The standard InChI is InChI=1S/C9H11FO/c1-6-4-7-5-8(10)2-3-9(7)11-6/h3,5-6,8H,2,4H2,1H3. The molecule has 0 bridgehead atoms. The van der Waals surface area contributed by atoms with E-state index in [4.69, 9.17) is 4.74 Å². The maximum absolute atomic E-state index is 12.8. The average Bonchev–Trinajstić information content (AvgIpc) is 2.27. The normalized spacial score (nSPS) is 35.5. The fourth-order valence-electron chi connectivity index (χ4n) is 1.58. The molecule has 0 radical (unpaired) electrons. The first kappa shape index (κ1) is 6.89. The lowest BCUT2D eigenvalue weighted by molar-refractivity contribution is 0.176. The van der Waals surface area contributed by atoms with Gasteiger partial charge in [0.2, 0.25) is 0 Å². The Kier molecular flexibility index (Phi) is 1.48. The summed E-state index contributed by atoms with van der Waals surface area (Å²) in [6.07, 6.45) is 4.32. The van der Waals surface area contributed by atoms with Gasteiger partial charge in [0.05, 0.1) is 0 Å². The molecule has 1 heterocycles. The fourth-order valence-corrected chi connectivity index (χ4v) is 1.58. The fraction of sp³-hybridized carbons (Fsp3) is 0.556. The average molecular weight is 154 g/mol. The summed E-state index contributed by atoms with van der Waals surface area (Å²) in [6, 6.07) is 0. The number of hydrogen-bond acceptors (Lipinski definition) is 1. The van der Waals surface area contributed by atoms with Crippen molar-refractivity contribution in [2.75, 3.05) is 0 Å². The summed E-state index contributed by atoms with van der Waals surface area (Å²) in [5.41, 5.74) is 1.05. The summed E-state index contributed by atoms with van der Waals surface area (Å²) in [6.45, 7) is 2.01. The number of ether oxygens (including phenoxy) is 1. The molecule has 1 saturated heterocycles. The van der Waals surface area contributed by atoms with Crippen molar-refractivity contribution in [2.24, 2.45) is 0 Å². The Morgan fingerprint density at radius 2 is 2.45 bits per heavy atom. The van der Waals surface area contributed by atoms with Crippen LogP contribution in [-0.4, -0.2) is 12.3 Å². The molecule has 1 fully saturated rings. The molecule has 2 unspecified atom stereocenters. The minimum atomic E-state index is -0.789. The zero-order valence-corrected chi connectivity index (χ0v) is 6.51. The quantitative estimate of drug-likeness (QED) is 0.520. The van der Waals surface area contributed by atoms with Crippen LogP contribution < -0.4 is 0 Å². The third-order valence-corrected chi connectivity index (χ3v) is 2.06. The van der Waals surface area contributed by atoms with Crippen LogP contribution in [0.3, 0.4) is 0 Å². The summed E-state index contributed by atoms with van der Waals surface area (Å²) in [4.78, 5) is 0. The number of allylic oxidation sites excluding steroid dienone is 3. The highest BCUT2D eigenvalue weighted by Crippen LogP contribution is 2.33. The minimum absolute atomic E-state index is 0.234. The van der Waals surface area contributed by atoms with Crippen molar-refractivity contribution in [3.63, 3.8) is 0 Å². The number of rotatable bonds is 0. The first-order chi connectivity index (χ1) is 5.25. The molecule has 2 rings (SSSR count). The van der Waals surface area contributed by atoms with Gasteiger partial charge in [0.1, 0.15) is 18.0 Å². The molecule has 0 aromatic heterocycles. The van der Waals surface area contributed by atoms with Gasteiger partial charge in [-0.25, -0.2) is 4.39 Å². The predicted octanol–water partition coefficient (Wildman–Crippen LogP) is 2.35. The van der Waals surface area contributed by atoms with Gasteiger partial charge in [-0.3, -0.25) is 0 Å². The van der Waals surface area contributed by atoms with Gasteiger partial charge >= 0.3 is 0 Å². The molecule has 2 aliphatic rings. The van der Waals surface area contributed by atoms with Crippen molar-refractivity contribution < 1.29 is 9.13 Å². The van der Waals surface area contributed by atoms with Crippen LogP contribution in [0.15, 0.2) is 23.5 Å². The van der Waals surface area contributed by atoms with E-state index in [1.165, 1.54) is 0 Å². The highest BCUT2D eigenvalue weighted by molar-refractivity contribution is 5.34. The summed E-state index contributed by atoms with van der Waals surface area (Å²) in [5.74, 6) is 0.909. The van der Waals surface area contributed by atoms with Gasteiger partial charge in [-0.1, -0.05) is 0 Å². The summed E-state index contributed by atoms with van der Waals surface area (Å²) < 4.78 is 18.2. The number of hydrogen-bond donors (Lipinski definition) is 0. The lowest BCUT2D eigenvalue weighted by Crippen LogP contribution is -2.01. The van der Waals surface area contributed by atoms with E-state index >= 15 is 0 Å². The molecule has 2 atom stereocenters. The van der Waals surface area contributed by atoms with Crippen LogP contribution in [0.4, 0.5) is 4.39 Å². The second-order valence-electron chi connectivity index (χ2n) is 3.14. The molecule has 0 spiro atoms. The van der Waals surface area contributed by atoms with E-state index < -0.39 is 6.17 Å². The van der Waals surface area contributed by atoms with Crippen LogP contribution in [-0.2, 0) is 4.74 Å². The molecule has 0 aromatic carbocycles. The second kappa shape index (κ2) is 2.36. The van der Waals surface area contributed by atoms with Crippen molar-refractivity contribution in [1.82, 2.24) is 0 Å². The van der Waals surface area contributed by atoms with Crippen LogP contribution in [0, 0.1) is 0 Å². The molecule has 1 nitrogen and oxygen atoms in total. The largest absolute Gasteiger partial charge is 0.490 e. The highest BCUT2D eigenvalue weighted by atomic mass is 19.1. The Balaban J connectivity index is 2.24. The van der Waals surface area contributed by atoms with E-state index in [1.54, 1.807) is 6.08 Å². The van der Waals surface area contributed by atoms with Gasteiger partial charge in [-0.05, 0) is 24.6 Å². The third kappa shape index (κ3) is 1.17. The molecule has 0 amide bonds. The van der Waals surface area contributed by atoms with E-state index in [0.29, 0.717) is 6.42 Å². The van der Waals surface area contributed by atoms with Gasteiger partial charge in [0.25, 0.3) is 0 Å². The zero-order valence-electron chi connectivity index (χ0n) is 6.51. The highest BCUT2D eigenvalue weighted by Gasteiger charge is 2.25. The van der Waals surface area contributed by atoms with Crippen LogP contribution in [0.25, 0.3) is 0 Å². The Morgan fingerprint density at radius 3 is 3.27 bits per heavy atom. The number of fused-ring (bicyclic) bond motifs is 1. The first-order valence-corrected chi connectivity index (χ1v) is 3.97. The maximum Gasteiger partial charge on any atom is 0.123 e. The van der Waals surface area contributed by atoms with E-state index in [1.807, 2.05) is 13.0 Å². The van der Waals surface area contributed by atoms with Gasteiger partial charge in [0, 0.05) is 12.8 Å². The van der Waals surface area contributed by atoms with Crippen molar-refractivity contribution >= 4 is 0 Å². The van der Waals surface area contributed by atoms with Gasteiger partial charge in [0.15, 0.2) is 0 Å². The van der Waals surface area contributed by atoms with E-state index in [9.17, 15) is 4.39 Å². The summed E-state index contributed by atoms with van der Waals surface area (Å²) >= 11 is 0. The minimum Gasteiger partial charge on any atom is -0.490 e. The Morgan fingerprint density at radius 1 is 1.64 bits per heavy atom. The topological polar surface area (TPSA) is 9.23 Å². The van der Waals surface area contributed by atoms with Crippen molar-refractivity contribution in [2.45, 2.75) is 32.0 Å². The van der Waals surface area contributed by atoms with Gasteiger partial charge in [-0.2, -0.15) is 0 Å². The molecule has 1 aliphatic heterocycles. The Hall–Kier alpha value is -0.790. The van der Waals surface area contributed by atoms with E-state index in [2.05, 4.69) is 0 Å². The molecule has 0 N–H and O–H groups in total. The smallest absolute Gasteiger partial charge is 0.123 e. The van der Waals surface area contributed by atoms with Crippen molar-refractivity contribution in [1.29, 1.82) is 0 Å². The summed E-state index contributed by atoms with van der Waals surface area (Å²) in [7, 11) is 0. The van der Waals surface area contributed by atoms with Crippen LogP contribution in [0.5, 0.6) is 0 Å².